The summed E-state index contributed by atoms with van der Waals surface area (Å²) in [6.07, 6.45) is 71.7. The predicted octanol–water partition coefficient (Wildman–Crippen LogP) is 18.1. The molecule has 0 aliphatic carbocycles. The van der Waals surface area contributed by atoms with Crippen molar-refractivity contribution in [2.24, 2.45) is 0 Å². The second kappa shape index (κ2) is 53.0. The Balaban J connectivity index is 3.49. The van der Waals surface area contributed by atoms with Crippen molar-refractivity contribution in [3.63, 3.8) is 0 Å². The highest BCUT2D eigenvalue weighted by atomic mass is 16.3. The average Bonchev–Trinajstić information content (AvgIpc) is 3.26. The maximum Gasteiger partial charge on any atom is 0.220 e. The Morgan fingerprint density at radius 2 is 0.639 bits per heavy atom. The third-order valence-corrected chi connectivity index (χ3v) is 12.8. The van der Waals surface area contributed by atoms with E-state index in [0.717, 1.165) is 32.1 Å². The van der Waals surface area contributed by atoms with Gasteiger partial charge in [0.15, 0.2) is 0 Å². The summed E-state index contributed by atoms with van der Waals surface area (Å²) in [5.41, 5.74) is 0. The first-order valence-corrected chi connectivity index (χ1v) is 27.7. The summed E-state index contributed by atoms with van der Waals surface area (Å²) in [6, 6.07) is -0.641. The fraction of sp³-hybridized carbons (Fsp3) is 0.877. The Morgan fingerprint density at radius 1 is 0.377 bits per heavy atom. The number of aliphatic hydroxyl groups is 2. The van der Waals surface area contributed by atoms with Gasteiger partial charge >= 0.3 is 0 Å². The molecule has 0 radical (unpaired) electrons. The third kappa shape index (κ3) is 49.5. The number of aliphatic hydroxyl groups excluding tert-OH is 2. The van der Waals surface area contributed by atoms with Gasteiger partial charge < -0.3 is 15.5 Å². The number of amides is 1. The van der Waals surface area contributed by atoms with E-state index in [1.165, 1.54) is 250 Å². The van der Waals surface area contributed by atoms with E-state index in [0.29, 0.717) is 6.42 Å². The van der Waals surface area contributed by atoms with Gasteiger partial charge in [0.1, 0.15) is 0 Å². The molecule has 0 aromatic rings. The molecule has 0 aromatic carbocycles. The Labute approximate surface area is 382 Å². The number of allylic oxidation sites excluding steroid dienone is 5. The van der Waals surface area contributed by atoms with Crippen molar-refractivity contribution in [3.05, 3.63) is 36.5 Å². The van der Waals surface area contributed by atoms with Crippen LogP contribution in [0.25, 0.3) is 0 Å². The summed E-state index contributed by atoms with van der Waals surface area (Å²) >= 11 is 0. The molecule has 1 amide bonds. The summed E-state index contributed by atoms with van der Waals surface area (Å²) < 4.78 is 0. The fourth-order valence-corrected chi connectivity index (χ4v) is 8.60. The Kier molecular flexibility index (Phi) is 51.7. The van der Waals surface area contributed by atoms with Gasteiger partial charge in [-0.25, -0.2) is 0 Å². The summed E-state index contributed by atoms with van der Waals surface area (Å²) in [7, 11) is 0. The summed E-state index contributed by atoms with van der Waals surface area (Å²) in [4.78, 5) is 12.4. The minimum atomic E-state index is -0.864. The van der Waals surface area contributed by atoms with Crippen LogP contribution in [0.5, 0.6) is 0 Å². The largest absolute Gasteiger partial charge is 0.394 e. The fourth-order valence-electron chi connectivity index (χ4n) is 8.60. The van der Waals surface area contributed by atoms with Crippen LogP contribution >= 0.6 is 0 Å². The van der Waals surface area contributed by atoms with Crippen LogP contribution in [0.3, 0.4) is 0 Å². The monoisotopic (exact) mass is 856 g/mol. The molecule has 2 atom stereocenters. The molecule has 61 heavy (non-hydrogen) atoms. The van der Waals surface area contributed by atoms with Crippen molar-refractivity contribution in [3.8, 4) is 0 Å². The molecule has 360 valence electrons. The lowest BCUT2D eigenvalue weighted by Crippen LogP contribution is -2.45. The first-order chi connectivity index (χ1) is 30.2. The van der Waals surface area contributed by atoms with E-state index in [1.54, 1.807) is 6.08 Å². The predicted molar refractivity (Wildman–Crippen MR) is 272 cm³/mol. The SMILES string of the molecule is CCCCCCCC/C=C\CCCCCCCCCC(=O)NC(CO)C(O)/C=C/CC/C=C/CCCCCCCCCCCCCCCCCCCCCCCCCCCC. The summed E-state index contributed by atoms with van der Waals surface area (Å²) in [5.74, 6) is -0.0757. The number of carbonyl (C=O) groups excluding carboxylic acids is 1. The molecular weight excluding hydrogens is 747 g/mol. The number of unbranched alkanes of at least 4 members (excludes halogenated alkanes) is 40. The lowest BCUT2D eigenvalue weighted by atomic mass is 10.0. The smallest absolute Gasteiger partial charge is 0.220 e. The molecule has 4 heteroatoms. The van der Waals surface area contributed by atoms with E-state index < -0.39 is 12.1 Å². The van der Waals surface area contributed by atoms with E-state index in [1.807, 2.05) is 6.08 Å². The van der Waals surface area contributed by atoms with Gasteiger partial charge in [-0.1, -0.05) is 275 Å². The molecule has 4 nitrogen and oxygen atoms in total. The summed E-state index contributed by atoms with van der Waals surface area (Å²) in [6.45, 7) is 4.32. The Hall–Kier alpha value is -1.39. The first-order valence-electron chi connectivity index (χ1n) is 27.7. The average molecular weight is 857 g/mol. The van der Waals surface area contributed by atoms with Crippen LogP contribution in [0, 0.1) is 0 Å². The molecule has 0 aromatic heterocycles. The molecule has 2 unspecified atom stereocenters. The second-order valence-electron chi connectivity index (χ2n) is 19.0. The highest BCUT2D eigenvalue weighted by Crippen LogP contribution is 2.17. The molecule has 0 rings (SSSR count). The van der Waals surface area contributed by atoms with E-state index in [-0.39, 0.29) is 12.5 Å². The third-order valence-electron chi connectivity index (χ3n) is 12.8. The van der Waals surface area contributed by atoms with E-state index in [9.17, 15) is 15.0 Å². The summed E-state index contributed by atoms with van der Waals surface area (Å²) in [5, 5.41) is 23.1. The van der Waals surface area contributed by atoms with Crippen LogP contribution in [0.2, 0.25) is 0 Å². The second-order valence-corrected chi connectivity index (χ2v) is 19.0. The molecular formula is C57H109NO3. The minimum absolute atomic E-state index is 0.0757. The van der Waals surface area contributed by atoms with Crippen LogP contribution < -0.4 is 5.32 Å². The lowest BCUT2D eigenvalue weighted by Gasteiger charge is -2.19. The molecule has 0 saturated carbocycles. The zero-order valence-electron chi connectivity index (χ0n) is 41.4. The van der Waals surface area contributed by atoms with Crippen molar-refractivity contribution in [2.45, 2.75) is 315 Å². The van der Waals surface area contributed by atoms with Crippen LogP contribution in [-0.4, -0.2) is 34.9 Å². The molecule has 0 spiro atoms. The first kappa shape index (κ1) is 59.6. The maximum atomic E-state index is 12.4. The minimum Gasteiger partial charge on any atom is -0.394 e. The van der Waals surface area contributed by atoms with E-state index >= 15 is 0 Å². The Bertz CT molecular complexity index is 928. The van der Waals surface area contributed by atoms with Gasteiger partial charge in [-0.05, 0) is 57.8 Å². The molecule has 0 saturated heterocycles. The molecule has 0 heterocycles. The number of carbonyl (C=O) groups is 1. The van der Waals surface area contributed by atoms with Crippen molar-refractivity contribution in [2.75, 3.05) is 6.61 Å². The normalized spacial score (nSPS) is 13.0. The zero-order valence-corrected chi connectivity index (χ0v) is 41.4. The van der Waals surface area contributed by atoms with Crippen molar-refractivity contribution >= 4 is 5.91 Å². The Morgan fingerprint density at radius 3 is 0.951 bits per heavy atom. The topological polar surface area (TPSA) is 69.6 Å². The van der Waals surface area contributed by atoms with Gasteiger partial charge in [-0.3, -0.25) is 4.79 Å². The van der Waals surface area contributed by atoms with Gasteiger partial charge in [0.25, 0.3) is 0 Å². The van der Waals surface area contributed by atoms with Gasteiger partial charge in [0, 0.05) is 6.42 Å². The molecule has 0 aliphatic rings. The lowest BCUT2D eigenvalue weighted by molar-refractivity contribution is -0.123. The molecule has 3 N–H and O–H groups in total. The molecule has 0 fully saturated rings. The van der Waals surface area contributed by atoms with Crippen LogP contribution in [-0.2, 0) is 4.79 Å². The van der Waals surface area contributed by atoms with Gasteiger partial charge in [-0.15, -0.1) is 0 Å². The maximum absolute atomic E-state index is 12.4. The van der Waals surface area contributed by atoms with Crippen molar-refractivity contribution in [1.82, 2.24) is 5.32 Å². The van der Waals surface area contributed by atoms with E-state index in [4.69, 9.17) is 0 Å². The van der Waals surface area contributed by atoms with Crippen molar-refractivity contribution < 1.29 is 15.0 Å². The van der Waals surface area contributed by atoms with Gasteiger partial charge in [0.05, 0.1) is 18.8 Å². The quantitative estimate of drug-likeness (QED) is 0.0422. The number of rotatable bonds is 51. The standard InChI is InChI=1S/C57H109NO3/c1-3-5-7-9-11-13-15-17-19-21-22-23-24-25-26-27-28-29-30-31-32-33-34-35-37-38-40-42-44-46-48-50-52-56(60)55(54-59)58-57(61)53-51-49-47-45-43-41-39-36-20-18-16-14-12-10-8-6-4-2/h18,20,42,44,50,52,55-56,59-60H,3-17,19,21-41,43,45-49,51,53-54H2,1-2H3,(H,58,61)/b20-18-,44-42+,52-50+. The number of hydrogen-bond acceptors (Lipinski definition) is 3. The van der Waals surface area contributed by atoms with Crippen molar-refractivity contribution in [1.29, 1.82) is 0 Å². The number of hydrogen-bond donors (Lipinski definition) is 3. The van der Waals surface area contributed by atoms with Gasteiger partial charge in [0.2, 0.25) is 5.91 Å². The molecule has 0 bridgehead atoms. The highest BCUT2D eigenvalue weighted by Gasteiger charge is 2.18. The number of nitrogens with one attached hydrogen (secondary N) is 1. The molecule has 0 aliphatic heterocycles. The van der Waals surface area contributed by atoms with E-state index in [2.05, 4.69) is 43.5 Å². The van der Waals surface area contributed by atoms with Gasteiger partial charge in [-0.2, -0.15) is 0 Å². The highest BCUT2D eigenvalue weighted by molar-refractivity contribution is 5.76. The van der Waals surface area contributed by atoms with Crippen LogP contribution in [0.1, 0.15) is 303 Å². The van der Waals surface area contributed by atoms with Crippen LogP contribution in [0.4, 0.5) is 0 Å². The zero-order chi connectivity index (χ0) is 44.2. The van der Waals surface area contributed by atoms with Crippen LogP contribution in [0.15, 0.2) is 36.5 Å².